The number of hydrogen-bond acceptors (Lipinski definition) is 4. The molecule has 2 atom stereocenters. The van der Waals surface area contributed by atoms with Crippen molar-refractivity contribution in [3.63, 3.8) is 0 Å². The summed E-state index contributed by atoms with van der Waals surface area (Å²) in [6.07, 6.45) is 5.12. The minimum Gasteiger partial charge on any atom is -0.507 e. The SMILES string of the molecule is CCn1cc(/C=C2\Oc3c(ccc(O)c3CN3C[C@H](C)C[C@H](C)C3)C2=O)c2ccccc21. The number of para-hydroxylation sites is 1. The molecular formula is C27H30N2O3. The molecule has 0 amide bonds. The molecule has 2 aromatic carbocycles. The Morgan fingerprint density at radius 2 is 1.88 bits per heavy atom. The van der Waals surface area contributed by atoms with Crippen LogP contribution in [-0.4, -0.2) is 33.4 Å². The first-order chi connectivity index (χ1) is 15.4. The van der Waals surface area contributed by atoms with Crippen molar-refractivity contribution < 1.29 is 14.6 Å². The van der Waals surface area contributed by atoms with Crippen LogP contribution >= 0.6 is 0 Å². The summed E-state index contributed by atoms with van der Waals surface area (Å²) in [5, 5.41) is 11.7. The lowest BCUT2D eigenvalue weighted by Crippen LogP contribution is -2.38. The monoisotopic (exact) mass is 430 g/mol. The van der Waals surface area contributed by atoms with E-state index in [1.165, 1.54) is 6.42 Å². The fourth-order valence-electron chi connectivity index (χ4n) is 5.39. The predicted molar refractivity (Wildman–Crippen MR) is 127 cm³/mol. The topological polar surface area (TPSA) is 54.7 Å². The molecule has 0 aliphatic carbocycles. The highest BCUT2D eigenvalue weighted by molar-refractivity contribution is 6.15. The van der Waals surface area contributed by atoms with Crippen LogP contribution in [0.5, 0.6) is 11.5 Å². The molecule has 1 fully saturated rings. The van der Waals surface area contributed by atoms with E-state index in [1.807, 2.05) is 18.2 Å². The molecule has 0 spiro atoms. The molecule has 0 bridgehead atoms. The molecule has 3 aromatic rings. The van der Waals surface area contributed by atoms with Gasteiger partial charge in [-0.2, -0.15) is 0 Å². The molecule has 0 unspecified atom stereocenters. The van der Waals surface area contributed by atoms with E-state index in [0.29, 0.717) is 41.0 Å². The van der Waals surface area contributed by atoms with E-state index in [4.69, 9.17) is 4.74 Å². The zero-order valence-electron chi connectivity index (χ0n) is 19.0. The van der Waals surface area contributed by atoms with Gasteiger partial charge in [-0.25, -0.2) is 0 Å². The number of likely N-dealkylation sites (tertiary alicyclic amines) is 1. The van der Waals surface area contributed by atoms with Crippen LogP contribution in [0.15, 0.2) is 48.4 Å². The average molecular weight is 431 g/mol. The van der Waals surface area contributed by atoms with Crippen molar-refractivity contribution in [1.82, 2.24) is 9.47 Å². The number of benzene rings is 2. The number of carbonyl (C=O) groups excluding carboxylic acids is 1. The van der Waals surface area contributed by atoms with Crippen LogP contribution in [-0.2, 0) is 13.1 Å². The Kier molecular flexibility index (Phi) is 5.30. The number of carbonyl (C=O) groups is 1. The van der Waals surface area contributed by atoms with Crippen molar-refractivity contribution in [2.24, 2.45) is 11.8 Å². The summed E-state index contributed by atoms with van der Waals surface area (Å²) in [6, 6.07) is 11.5. The first-order valence-electron chi connectivity index (χ1n) is 11.5. The second-order valence-corrected chi connectivity index (χ2v) is 9.41. The molecule has 1 saturated heterocycles. The number of Topliss-reactive ketones (excluding diaryl/α,β-unsaturated/α-hetero) is 1. The third-order valence-corrected chi connectivity index (χ3v) is 6.69. The normalized spacial score (nSPS) is 22.5. The summed E-state index contributed by atoms with van der Waals surface area (Å²) >= 11 is 0. The number of aromatic hydroxyl groups is 1. The van der Waals surface area contributed by atoms with Crippen LogP contribution in [0.4, 0.5) is 0 Å². The van der Waals surface area contributed by atoms with E-state index < -0.39 is 0 Å². The third-order valence-electron chi connectivity index (χ3n) is 6.69. The highest BCUT2D eigenvalue weighted by Gasteiger charge is 2.33. The van der Waals surface area contributed by atoms with E-state index in [0.717, 1.165) is 36.1 Å². The molecule has 5 nitrogen and oxygen atoms in total. The van der Waals surface area contributed by atoms with E-state index in [9.17, 15) is 9.90 Å². The van der Waals surface area contributed by atoms with E-state index in [1.54, 1.807) is 12.1 Å². The fraction of sp³-hybridized carbons (Fsp3) is 0.370. The maximum atomic E-state index is 13.2. The zero-order valence-corrected chi connectivity index (χ0v) is 19.0. The summed E-state index contributed by atoms with van der Waals surface area (Å²) in [6.45, 7) is 10.1. The summed E-state index contributed by atoms with van der Waals surface area (Å²) in [5.74, 6) is 2.11. The largest absolute Gasteiger partial charge is 0.507 e. The number of allylic oxidation sites excluding steroid dienone is 1. The Morgan fingerprint density at radius 1 is 1.12 bits per heavy atom. The molecule has 5 heteroatoms. The van der Waals surface area contributed by atoms with Gasteiger partial charge in [0.05, 0.1) is 11.1 Å². The Balaban J connectivity index is 1.50. The van der Waals surface area contributed by atoms with Crippen molar-refractivity contribution in [2.75, 3.05) is 13.1 Å². The van der Waals surface area contributed by atoms with Crippen LogP contribution in [0.2, 0.25) is 0 Å². The number of phenolic OH excluding ortho intramolecular Hbond substituents is 1. The summed E-state index contributed by atoms with van der Waals surface area (Å²) < 4.78 is 8.31. The van der Waals surface area contributed by atoms with Gasteiger partial charge in [-0.1, -0.05) is 32.0 Å². The van der Waals surface area contributed by atoms with Crippen LogP contribution in [0, 0.1) is 11.8 Å². The second-order valence-electron chi connectivity index (χ2n) is 9.41. The number of hydrogen-bond donors (Lipinski definition) is 1. The highest BCUT2D eigenvalue weighted by Crippen LogP contribution is 2.41. The molecule has 5 rings (SSSR count). The van der Waals surface area contributed by atoms with Crippen molar-refractivity contribution in [3.8, 4) is 11.5 Å². The van der Waals surface area contributed by atoms with Gasteiger partial charge in [-0.05, 0) is 49.5 Å². The van der Waals surface area contributed by atoms with Gasteiger partial charge < -0.3 is 14.4 Å². The first-order valence-corrected chi connectivity index (χ1v) is 11.5. The minimum atomic E-state index is -0.130. The number of phenols is 1. The van der Waals surface area contributed by atoms with E-state index in [2.05, 4.69) is 48.6 Å². The Hall–Kier alpha value is -3.05. The van der Waals surface area contributed by atoms with Crippen molar-refractivity contribution in [1.29, 1.82) is 0 Å². The Labute approximate surface area is 188 Å². The maximum Gasteiger partial charge on any atom is 0.231 e. The van der Waals surface area contributed by atoms with Crippen molar-refractivity contribution in [2.45, 2.75) is 40.3 Å². The predicted octanol–water partition coefficient (Wildman–Crippen LogP) is 5.46. The van der Waals surface area contributed by atoms with Crippen molar-refractivity contribution in [3.05, 3.63) is 65.0 Å². The number of piperidine rings is 1. The lowest BCUT2D eigenvalue weighted by atomic mass is 9.91. The number of ether oxygens (including phenoxy) is 1. The van der Waals surface area contributed by atoms with Gasteiger partial charge in [0.25, 0.3) is 0 Å². The average Bonchev–Trinajstić information content (AvgIpc) is 3.28. The summed E-state index contributed by atoms with van der Waals surface area (Å²) in [5.41, 5.74) is 3.33. The van der Waals surface area contributed by atoms with Gasteiger partial charge in [0, 0.05) is 48.8 Å². The standard InChI is InChI=1S/C27H30N2O3/c1-4-29-15-19(20-7-5-6-8-23(20)29)12-25-26(31)21-9-10-24(30)22(27(21)32-25)16-28-13-17(2)11-18(3)14-28/h5-10,12,15,17-18,30H,4,11,13-14,16H2,1-3H3/b25-12-/t17-,18+. The quantitative estimate of drug-likeness (QED) is 0.559. The number of aryl methyl sites for hydroxylation is 1. The van der Waals surface area contributed by atoms with Gasteiger partial charge in [-0.3, -0.25) is 9.69 Å². The summed E-state index contributed by atoms with van der Waals surface area (Å²) in [4.78, 5) is 15.5. The molecule has 0 saturated carbocycles. The fourth-order valence-corrected chi connectivity index (χ4v) is 5.39. The number of rotatable bonds is 4. The van der Waals surface area contributed by atoms with Crippen LogP contribution in [0.1, 0.15) is 48.7 Å². The Bertz CT molecular complexity index is 1210. The molecule has 166 valence electrons. The maximum absolute atomic E-state index is 13.2. The van der Waals surface area contributed by atoms with Crippen LogP contribution in [0.25, 0.3) is 17.0 Å². The highest BCUT2D eigenvalue weighted by atomic mass is 16.5. The number of ketones is 1. The zero-order chi connectivity index (χ0) is 22.4. The number of fused-ring (bicyclic) bond motifs is 2. The third kappa shape index (κ3) is 3.61. The lowest BCUT2D eigenvalue weighted by Gasteiger charge is -2.35. The molecule has 2 aliphatic rings. The number of aromatic nitrogens is 1. The van der Waals surface area contributed by atoms with E-state index in [-0.39, 0.29) is 11.5 Å². The van der Waals surface area contributed by atoms with E-state index >= 15 is 0 Å². The molecular weight excluding hydrogens is 400 g/mol. The number of nitrogens with zero attached hydrogens (tertiary/aromatic N) is 2. The molecule has 1 aromatic heterocycles. The van der Waals surface area contributed by atoms with Gasteiger partial charge in [0.1, 0.15) is 11.5 Å². The second kappa shape index (κ2) is 8.14. The summed E-state index contributed by atoms with van der Waals surface area (Å²) in [7, 11) is 0. The minimum absolute atomic E-state index is 0.130. The Morgan fingerprint density at radius 3 is 2.62 bits per heavy atom. The van der Waals surface area contributed by atoms with Gasteiger partial charge in [0.2, 0.25) is 5.78 Å². The van der Waals surface area contributed by atoms with Crippen LogP contribution < -0.4 is 4.74 Å². The van der Waals surface area contributed by atoms with Crippen molar-refractivity contribution >= 4 is 22.8 Å². The molecule has 0 radical (unpaired) electrons. The molecule has 2 aliphatic heterocycles. The van der Waals surface area contributed by atoms with Gasteiger partial charge in [-0.15, -0.1) is 0 Å². The first kappa shape index (κ1) is 20.8. The van der Waals surface area contributed by atoms with Gasteiger partial charge in [0.15, 0.2) is 5.76 Å². The molecule has 1 N–H and O–H groups in total. The molecule has 3 heterocycles. The van der Waals surface area contributed by atoms with Gasteiger partial charge >= 0.3 is 0 Å². The molecule has 32 heavy (non-hydrogen) atoms. The smallest absolute Gasteiger partial charge is 0.231 e. The lowest BCUT2D eigenvalue weighted by molar-refractivity contribution is 0.101. The van der Waals surface area contributed by atoms with Crippen LogP contribution in [0.3, 0.4) is 0 Å².